The number of halogens is 2. The van der Waals surface area contributed by atoms with Crippen molar-refractivity contribution in [2.24, 2.45) is 0 Å². The van der Waals surface area contributed by atoms with Crippen LogP contribution in [0.3, 0.4) is 0 Å². The van der Waals surface area contributed by atoms with Crippen molar-refractivity contribution in [2.75, 3.05) is 5.75 Å². The second kappa shape index (κ2) is 6.66. The van der Waals surface area contributed by atoms with Crippen LogP contribution < -0.4 is 0 Å². The summed E-state index contributed by atoms with van der Waals surface area (Å²) in [6, 6.07) is 10.3. The minimum Gasteiger partial charge on any atom is -0.294 e. The summed E-state index contributed by atoms with van der Waals surface area (Å²) in [4.78, 5) is 13.1. The molecule has 2 aromatic rings. The summed E-state index contributed by atoms with van der Waals surface area (Å²) in [5.41, 5.74) is 0.594. The Morgan fingerprint density at radius 3 is 2.45 bits per heavy atom. The molecule has 0 bridgehead atoms. The highest BCUT2D eigenvalue weighted by atomic mass is 32.2. The molecule has 0 radical (unpaired) electrons. The minimum absolute atomic E-state index is 0.0852. The molecule has 0 fully saturated rings. The summed E-state index contributed by atoms with van der Waals surface area (Å²) in [5.74, 6) is -0.355. The Kier molecular flexibility index (Phi) is 4.90. The number of hydrogen-bond donors (Lipinski definition) is 0. The number of ketones is 1. The van der Waals surface area contributed by atoms with Crippen molar-refractivity contribution in [3.8, 4) is 0 Å². The second-order valence-corrected chi connectivity index (χ2v) is 5.63. The molecule has 0 amide bonds. The number of hydrogen-bond acceptors (Lipinski definition) is 2. The lowest BCUT2D eigenvalue weighted by Gasteiger charge is -2.04. The first-order valence-corrected chi connectivity index (χ1v) is 7.28. The molecular formula is C16H14F2OS. The third-order valence-electron chi connectivity index (χ3n) is 2.85. The van der Waals surface area contributed by atoms with Crippen molar-refractivity contribution in [2.45, 2.75) is 18.2 Å². The fourth-order valence-electron chi connectivity index (χ4n) is 1.86. The molecule has 0 atom stereocenters. The van der Waals surface area contributed by atoms with Gasteiger partial charge in [0, 0.05) is 16.9 Å². The van der Waals surface area contributed by atoms with E-state index >= 15 is 0 Å². The molecule has 0 aromatic heterocycles. The van der Waals surface area contributed by atoms with Crippen LogP contribution in [0.5, 0.6) is 0 Å². The molecule has 2 aromatic carbocycles. The van der Waals surface area contributed by atoms with Gasteiger partial charge in [-0.15, -0.1) is 11.8 Å². The zero-order valence-electron chi connectivity index (χ0n) is 11.0. The molecule has 0 heterocycles. The Labute approximate surface area is 121 Å². The van der Waals surface area contributed by atoms with Crippen molar-refractivity contribution >= 4 is 17.5 Å². The summed E-state index contributed by atoms with van der Waals surface area (Å²) in [7, 11) is 0. The molecule has 2 rings (SSSR count). The lowest BCUT2D eigenvalue weighted by atomic mass is 10.0. The van der Waals surface area contributed by atoms with E-state index in [4.69, 9.17) is 0 Å². The molecule has 0 aliphatic carbocycles. The molecule has 4 heteroatoms. The van der Waals surface area contributed by atoms with Gasteiger partial charge in [-0.3, -0.25) is 4.79 Å². The van der Waals surface area contributed by atoms with E-state index in [9.17, 15) is 13.6 Å². The number of rotatable bonds is 5. The van der Waals surface area contributed by atoms with Gasteiger partial charge in [0.1, 0.15) is 11.6 Å². The van der Waals surface area contributed by atoms with Gasteiger partial charge in [0.2, 0.25) is 0 Å². The van der Waals surface area contributed by atoms with E-state index in [0.29, 0.717) is 5.56 Å². The normalized spacial score (nSPS) is 10.6. The third kappa shape index (κ3) is 3.67. The molecule has 104 valence electrons. The first-order chi connectivity index (χ1) is 9.60. The second-order valence-electron chi connectivity index (χ2n) is 4.29. The minimum atomic E-state index is -0.557. The van der Waals surface area contributed by atoms with Crippen LogP contribution in [0, 0.1) is 11.6 Å². The summed E-state index contributed by atoms with van der Waals surface area (Å²) >= 11 is 1.68. The van der Waals surface area contributed by atoms with E-state index in [-0.39, 0.29) is 17.8 Å². The summed E-state index contributed by atoms with van der Waals surface area (Å²) < 4.78 is 26.5. The first kappa shape index (κ1) is 14.7. The number of benzene rings is 2. The Morgan fingerprint density at radius 2 is 1.80 bits per heavy atom. The maximum absolute atomic E-state index is 13.5. The van der Waals surface area contributed by atoms with Crippen molar-refractivity contribution in [1.82, 2.24) is 0 Å². The van der Waals surface area contributed by atoms with Gasteiger partial charge in [-0.2, -0.15) is 0 Å². The van der Waals surface area contributed by atoms with Gasteiger partial charge >= 0.3 is 0 Å². The Balaban J connectivity index is 2.13. The maximum Gasteiger partial charge on any atom is 0.167 e. The summed E-state index contributed by atoms with van der Waals surface area (Å²) in [5, 5.41) is 0. The molecule has 20 heavy (non-hydrogen) atoms. The number of thioether (sulfide) groups is 1. The van der Waals surface area contributed by atoms with Crippen LogP contribution in [-0.2, 0) is 6.42 Å². The highest BCUT2D eigenvalue weighted by Gasteiger charge is 2.11. The zero-order chi connectivity index (χ0) is 14.5. The first-order valence-electron chi connectivity index (χ1n) is 6.30. The molecular weight excluding hydrogens is 278 g/mol. The third-order valence-corrected chi connectivity index (χ3v) is 3.74. The van der Waals surface area contributed by atoms with E-state index in [2.05, 4.69) is 6.92 Å². The van der Waals surface area contributed by atoms with Crippen LogP contribution in [-0.4, -0.2) is 11.5 Å². The van der Waals surface area contributed by atoms with Crippen molar-refractivity contribution in [1.29, 1.82) is 0 Å². The smallest absolute Gasteiger partial charge is 0.167 e. The van der Waals surface area contributed by atoms with E-state index in [1.165, 1.54) is 0 Å². The van der Waals surface area contributed by atoms with Crippen LogP contribution in [0.2, 0.25) is 0 Å². The predicted molar refractivity (Wildman–Crippen MR) is 77.2 cm³/mol. The van der Waals surface area contributed by atoms with E-state index in [1.54, 1.807) is 23.9 Å². The molecule has 0 aliphatic rings. The zero-order valence-corrected chi connectivity index (χ0v) is 11.8. The molecule has 0 saturated heterocycles. The Hall–Kier alpha value is -1.68. The molecule has 1 nitrogen and oxygen atoms in total. The lowest BCUT2D eigenvalue weighted by Crippen LogP contribution is -2.05. The van der Waals surface area contributed by atoms with Gasteiger partial charge < -0.3 is 0 Å². The summed E-state index contributed by atoms with van der Waals surface area (Å²) in [6.07, 6.45) is -0.135. The van der Waals surface area contributed by atoms with Crippen LogP contribution in [0.1, 0.15) is 22.8 Å². The molecule has 0 N–H and O–H groups in total. The Bertz CT molecular complexity index is 608. The fraction of sp³-hybridized carbons (Fsp3) is 0.188. The number of carbonyl (C=O) groups is 1. The molecule has 0 unspecified atom stereocenters. The van der Waals surface area contributed by atoms with Gasteiger partial charge in [0.15, 0.2) is 5.78 Å². The van der Waals surface area contributed by atoms with Crippen molar-refractivity contribution in [3.63, 3.8) is 0 Å². The highest BCUT2D eigenvalue weighted by molar-refractivity contribution is 7.99. The van der Waals surface area contributed by atoms with Gasteiger partial charge in [-0.1, -0.05) is 19.1 Å². The quantitative estimate of drug-likeness (QED) is 0.596. The largest absolute Gasteiger partial charge is 0.294 e. The van der Waals surface area contributed by atoms with Crippen LogP contribution >= 0.6 is 11.8 Å². The average Bonchev–Trinajstić information content (AvgIpc) is 2.44. The van der Waals surface area contributed by atoms with Crippen LogP contribution in [0.15, 0.2) is 47.4 Å². The lowest BCUT2D eigenvalue weighted by molar-refractivity contribution is 0.0991. The molecule has 0 spiro atoms. The van der Waals surface area contributed by atoms with Crippen LogP contribution in [0.4, 0.5) is 8.78 Å². The van der Waals surface area contributed by atoms with Gasteiger partial charge in [0.05, 0.1) is 0 Å². The SMILES string of the molecule is CCSc1ccc(C(=O)Cc2cc(F)ccc2F)cc1. The highest BCUT2D eigenvalue weighted by Crippen LogP contribution is 2.19. The van der Waals surface area contributed by atoms with E-state index in [0.717, 1.165) is 28.8 Å². The van der Waals surface area contributed by atoms with Gasteiger partial charge in [-0.25, -0.2) is 8.78 Å². The monoisotopic (exact) mass is 292 g/mol. The Morgan fingerprint density at radius 1 is 1.10 bits per heavy atom. The number of carbonyl (C=O) groups excluding carboxylic acids is 1. The maximum atomic E-state index is 13.5. The van der Waals surface area contributed by atoms with Crippen molar-refractivity contribution in [3.05, 3.63) is 65.2 Å². The van der Waals surface area contributed by atoms with Crippen LogP contribution in [0.25, 0.3) is 0 Å². The predicted octanol–water partition coefficient (Wildman–Crippen LogP) is 4.50. The van der Waals surface area contributed by atoms with E-state index in [1.807, 2.05) is 12.1 Å². The van der Waals surface area contributed by atoms with Gasteiger partial charge in [0.25, 0.3) is 0 Å². The molecule has 0 aliphatic heterocycles. The molecule has 0 saturated carbocycles. The average molecular weight is 292 g/mol. The summed E-state index contributed by atoms with van der Waals surface area (Å²) in [6.45, 7) is 2.05. The number of Topliss-reactive ketones (excluding diaryl/α,β-unsaturated/α-hetero) is 1. The fourth-order valence-corrected chi connectivity index (χ4v) is 2.52. The standard InChI is InChI=1S/C16H14F2OS/c1-2-20-14-6-3-11(4-7-14)16(19)10-12-9-13(17)5-8-15(12)18/h3-9H,2,10H2,1H3. The topological polar surface area (TPSA) is 17.1 Å². The van der Waals surface area contributed by atoms with Crippen molar-refractivity contribution < 1.29 is 13.6 Å². The van der Waals surface area contributed by atoms with E-state index < -0.39 is 11.6 Å². The van der Waals surface area contributed by atoms with Gasteiger partial charge in [-0.05, 0) is 41.6 Å².